The van der Waals surface area contributed by atoms with Crippen molar-refractivity contribution in [3.05, 3.63) is 33.8 Å². The summed E-state index contributed by atoms with van der Waals surface area (Å²) in [5.74, 6) is -4.09. The summed E-state index contributed by atoms with van der Waals surface area (Å²) in [6.45, 7) is -1.12. The van der Waals surface area contributed by atoms with Gasteiger partial charge in [-0.1, -0.05) is 6.07 Å². The molecule has 8 heteroatoms. The van der Waals surface area contributed by atoms with Gasteiger partial charge in [-0.3, -0.25) is 4.79 Å². The molecule has 0 aliphatic carbocycles. The Morgan fingerprint density at radius 3 is 2.45 bits per heavy atom. The van der Waals surface area contributed by atoms with E-state index < -0.39 is 42.1 Å². The second-order valence-electron chi connectivity index (χ2n) is 4.49. The third-order valence-corrected chi connectivity index (χ3v) is 3.65. The van der Waals surface area contributed by atoms with Crippen molar-refractivity contribution in [2.45, 2.75) is 18.5 Å². The monoisotopic (exact) mass is 357 g/mol. The lowest BCUT2D eigenvalue weighted by Crippen LogP contribution is -2.33. The number of carbonyl (C=O) groups excluding carboxylic acids is 1. The summed E-state index contributed by atoms with van der Waals surface area (Å²) in [5.41, 5.74) is -1.76. The molecule has 0 saturated carbocycles. The van der Waals surface area contributed by atoms with Crippen molar-refractivity contribution in [1.29, 1.82) is 0 Å². The Bertz CT molecular complexity index is 543. The van der Waals surface area contributed by atoms with Crippen molar-refractivity contribution in [2.75, 3.05) is 13.1 Å². The summed E-state index contributed by atoms with van der Waals surface area (Å²) in [5, 5.41) is 0. The van der Waals surface area contributed by atoms with Crippen LogP contribution < -0.4 is 0 Å². The van der Waals surface area contributed by atoms with Crippen LogP contribution in [0.1, 0.15) is 22.3 Å². The Hall–Kier alpha value is -1.18. The predicted octanol–water partition coefficient (Wildman–Crippen LogP) is 3.95. The van der Waals surface area contributed by atoms with E-state index in [1.54, 1.807) is 0 Å². The summed E-state index contributed by atoms with van der Waals surface area (Å²) in [7, 11) is 0. The van der Waals surface area contributed by atoms with Gasteiger partial charge in [0.15, 0.2) is 0 Å². The molecule has 1 fully saturated rings. The Morgan fingerprint density at radius 1 is 1.30 bits per heavy atom. The molecule has 1 aliphatic rings. The molecule has 1 aromatic rings. The molecular weight excluding hydrogens is 349 g/mol. The van der Waals surface area contributed by atoms with Crippen LogP contribution in [0.3, 0.4) is 0 Å². The summed E-state index contributed by atoms with van der Waals surface area (Å²) in [4.78, 5) is 12.8. The maximum atomic E-state index is 13.1. The largest absolute Gasteiger partial charge is 0.417 e. The highest BCUT2D eigenvalue weighted by molar-refractivity contribution is 9.10. The van der Waals surface area contributed by atoms with Gasteiger partial charge in [-0.15, -0.1) is 0 Å². The summed E-state index contributed by atoms with van der Waals surface area (Å²) in [6.07, 6.45) is -5.26. The maximum absolute atomic E-state index is 13.1. The third kappa shape index (κ3) is 2.94. The van der Waals surface area contributed by atoms with Gasteiger partial charge < -0.3 is 4.90 Å². The van der Waals surface area contributed by atoms with E-state index in [1.165, 1.54) is 6.07 Å². The van der Waals surface area contributed by atoms with E-state index in [0.717, 1.165) is 17.0 Å². The molecule has 1 aromatic carbocycles. The summed E-state index contributed by atoms with van der Waals surface area (Å²) >= 11 is 2.88. The average molecular weight is 358 g/mol. The molecule has 0 bridgehead atoms. The normalized spacial score (nSPS) is 18.4. The number of benzene rings is 1. The van der Waals surface area contributed by atoms with Crippen molar-refractivity contribution in [3.63, 3.8) is 0 Å². The van der Waals surface area contributed by atoms with Crippen LogP contribution in [0.2, 0.25) is 0 Å². The number of hydrogen-bond acceptors (Lipinski definition) is 1. The molecule has 1 aliphatic heterocycles. The molecule has 0 spiro atoms. The van der Waals surface area contributed by atoms with Crippen LogP contribution in [0.15, 0.2) is 22.7 Å². The van der Waals surface area contributed by atoms with Crippen LogP contribution in [0.5, 0.6) is 0 Å². The first kappa shape index (κ1) is 15.2. The number of likely N-dealkylation sites (tertiary alicyclic amines) is 1. The lowest BCUT2D eigenvalue weighted by atomic mass is 10.1. The SMILES string of the molecule is O=C(c1c(Br)cccc1C(F)(F)F)N1CCC(F)(F)C1. The standard InChI is InChI=1S/C12H9BrF5NO/c13-8-3-1-2-7(12(16,17)18)9(8)10(20)19-5-4-11(14,15)6-19/h1-3H,4-6H2. The van der Waals surface area contributed by atoms with Gasteiger partial charge in [-0.25, -0.2) is 8.78 Å². The summed E-state index contributed by atoms with van der Waals surface area (Å²) < 4.78 is 64.8. The average Bonchev–Trinajstić information content (AvgIpc) is 2.67. The van der Waals surface area contributed by atoms with E-state index in [4.69, 9.17) is 0 Å². The molecule has 0 radical (unpaired) electrons. The van der Waals surface area contributed by atoms with Gasteiger partial charge in [0.1, 0.15) is 0 Å². The highest BCUT2D eigenvalue weighted by Crippen LogP contribution is 2.37. The number of nitrogens with zero attached hydrogens (tertiary/aromatic N) is 1. The van der Waals surface area contributed by atoms with Gasteiger partial charge in [0, 0.05) is 17.4 Å². The van der Waals surface area contributed by atoms with E-state index in [1.807, 2.05) is 0 Å². The molecule has 0 aromatic heterocycles. The predicted molar refractivity (Wildman–Crippen MR) is 64.6 cm³/mol. The first-order valence-electron chi connectivity index (χ1n) is 5.65. The fraction of sp³-hybridized carbons (Fsp3) is 0.417. The molecule has 0 unspecified atom stereocenters. The van der Waals surface area contributed by atoms with Crippen LogP contribution in [-0.2, 0) is 6.18 Å². The van der Waals surface area contributed by atoms with Crippen LogP contribution in [0.4, 0.5) is 22.0 Å². The molecule has 20 heavy (non-hydrogen) atoms. The van der Waals surface area contributed by atoms with Crippen LogP contribution in [0.25, 0.3) is 0 Å². The molecule has 1 saturated heterocycles. The number of halogens is 6. The quantitative estimate of drug-likeness (QED) is 0.697. The van der Waals surface area contributed by atoms with Crippen LogP contribution in [-0.4, -0.2) is 29.8 Å². The van der Waals surface area contributed by atoms with Gasteiger partial charge in [0.05, 0.1) is 17.7 Å². The van der Waals surface area contributed by atoms with E-state index in [9.17, 15) is 26.7 Å². The summed E-state index contributed by atoms with van der Waals surface area (Å²) in [6, 6.07) is 3.17. The zero-order chi connectivity index (χ0) is 15.1. The third-order valence-electron chi connectivity index (χ3n) is 2.99. The Morgan fingerprint density at radius 2 is 1.95 bits per heavy atom. The van der Waals surface area contributed by atoms with E-state index in [0.29, 0.717) is 0 Å². The van der Waals surface area contributed by atoms with Gasteiger partial charge in [-0.05, 0) is 28.1 Å². The lowest BCUT2D eigenvalue weighted by Gasteiger charge is -2.20. The molecule has 0 N–H and O–H groups in total. The Labute approximate surface area is 119 Å². The van der Waals surface area contributed by atoms with Crippen molar-refractivity contribution in [2.24, 2.45) is 0 Å². The minimum atomic E-state index is -4.73. The van der Waals surface area contributed by atoms with Crippen molar-refractivity contribution < 1.29 is 26.7 Å². The van der Waals surface area contributed by atoms with Crippen LogP contribution >= 0.6 is 15.9 Å². The van der Waals surface area contributed by atoms with Gasteiger partial charge in [0.25, 0.3) is 11.8 Å². The second-order valence-corrected chi connectivity index (χ2v) is 5.35. The second kappa shape index (κ2) is 4.98. The molecule has 110 valence electrons. The Balaban J connectivity index is 2.40. The van der Waals surface area contributed by atoms with Gasteiger partial charge in [0.2, 0.25) is 0 Å². The highest BCUT2D eigenvalue weighted by atomic mass is 79.9. The first-order chi connectivity index (χ1) is 9.12. The van der Waals surface area contributed by atoms with Crippen molar-refractivity contribution in [1.82, 2.24) is 4.90 Å². The van der Waals surface area contributed by atoms with E-state index >= 15 is 0 Å². The smallest absolute Gasteiger partial charge is 0.332 e. The molecule has 1 amide bonds. The number of alkyl halides is 5. The number of amides is 1. The van der Waals surface area contributed by atoms with Gasteiger partial charge in [-0.2, -0.15) is 13.2 Å². The number of rotatable bonds is 1. The minimum absolute atomic E-state index is 0.0625. The fourth-order valence-electron chi connectivity index (χ4n) is 2.05. The van der Waals surface area contributed by atoms with Crippen molar-refractivity contribution in [3.8, 4) is 0 Å². The Kier molecular flexibility index (Phi) is 3.79. The van der Waals surface area contributed by atoms with Crippen molar-refractivity contribution >= 4 is 21.8 Å². The molecule has 2 rings (SSSR count). The molecule has 0 atom stereocenters. The minimum Gasteiger partial charge on any atom is -0.332 e. The topological polar surface area (TPSA) is 20.3 Å². The van der Waals surface area contributed by atoms with E-state index in [-0.39, 0.29) is 11.0 Å². The van der Waals surface area contributed by atoms with Gasteiger partial charge >= 0.3 is 6.18 Å². The zero-order valence-corrected chi connectivity index (χ0v) is 11.6. The van der Waals surface area contributed by atoms with E-state index in [2.05, 4.69) is 15.9 Å². The number of hydrogen-bond donors (Lipinski definition) is 0. The number of carbonyl (C=O) groups is 1. The molecular formula is C12H9BrF5NO. The lowest BCUT2D eigenvalue weighted by molar-refractivity contribution is -0.138. The zero-order valence-electron chi connectivity index (χ0n) is 9.98. The fourth-order valence-corrected chi connectivity index (χ4v) is 2.58. The first-order valence-corrected chi connectivity index (χ1v) is 6.44. The molecule has 2 nitrogen and oxygen atoms in total. The maximum Gasteiger partial charge on any atom is 0.417 e. The highest BCUT2D eigenvalue weighted by Gasteiger charge is 2.43. The van der Waals surface area contributed by atoms with Crippen LogP contribution in [0, 0.1) is 0 Å². The molecule has 1 heterocycles.